The number of thiophene rings is 1. The summed E-state index contributed by atoms with van der Waals surface area (Å²) in [5.74, 6) is 2.79. The molecule has 26 heavy (non-hydrogen) atoms. The van der Waals surface area contributed by atoms with Crippen molar-refractivity contribution >= 4 is 34.7 Å². The van der Waals surface area contributed by atoms with Crippen molar-refractivity contribution in [2.75, 3.05) is 5.75 Å². The van der Waals surface area contributed by atoms with Gasteiger partial charge < -0.3 is 8.92 Å². The quantitative estimate of drug-likeness (QED) is 0.466. The molecule has 4 rings (SSSR count). The molecule has 1 aliphatic heterocycles. The van der Waals surface area contributed by atoms with E-state index in [1.807, 2.05) is 12.1 Å². The molecule has 0 spiro atoms. The summed E-state index contributed by atoms with van der Waals surface area (Å²) in [4.78, 5) is 0. The Hall–Kier alpha value is -2.17. The highest BCUT2D eigenvalue weighted by Gasteiger charge is 2.20. The first-order valence-corrected chi connectivity index (χ1v) is 10.5. The van der Waals surface area contributed by atoms with Crippen LogP contribution in [-0.4, -0.2) is 5.75 Å². The summed E-state index contributed by atoms with van der Waals surface area (Å²) in [6, 6.07) is 18.8. The average molecular weight is 381 g/mol. The molecule has 2 aromatic carbocycles. The molecule has 4 heteroatoms. The molecule has 0 amide bonds. The molecular formula is C22H20O2S2. The van der Waals surface area contributed by atoms with Gasteiger partial charge in [-0.05, 0) is 59.0 Å². The number of rotatable bonds is 5. The molecule has 0 fully saturated rings. The Morgan fingerprint density at radius 2 is 2.00 bits per heavy atom. The maximum atomic E-state index is 6.03. The normalized spacial score (nSPS) is 14.2. The van der Waals surface area contributed by atoms with Gasteiger partial charge in [0.15, 0.2) is 0 Å². The van der Waals surface area contributed by atoms with E-state index in [1.165, 1.54) is 34.3 Å². The van der Waals surface area contributed by atoms with Gasteiger partial charge in [-0.15, -0.1) is 0 Å². The van der Waals surface area contributed by atoms with Crippen molar-refractivity contribution in [3.05, 3.63) is 87.6 Å². The highest BCUT2D eigenvalue weighted by Crippen LogP contribution is 2.39. The summed E-state index contributed by atoms with van der Waals surface area (Å²) in [5, 5.41) is 4.19. The molecule has 0 aliphatic carbocycles. The lowest BCUT2D eigenvalue weighted by Gasteiger charge is -2.22. The second-order valence-electron chi connectivity index (χ2n) is 6.23. The number of benzene rings is 2. The maximum absolute atomic E-state index is 6.03. The predicted octanol–water partition coefficient (Wildman–Crippen LogP) is 6.57. The molecule has 0 saturated carbocycles. The van der Waals surface area contributed by atoms with Crippen LogP contribution in [0, 0.1) is 6.92 Å². The van der Waals surface area contributed by atoms with E-state index in [0.717, 1.165) is 29.2 Å². The molecule has 2 nitrogen and oxygen atoms in total. The number of allylic oxidation sites excluding steroid dienone is 1. The smallest absolute Gasteiger partial charge is 0.148 e. The van der Waals surface area contributed by atoms with Crippen LogP contribution in [0.4, 0.5) is 0 Å². The third kappa shape index (κ3) is 3.81. The summed E-state index contributed by atoms with van der Waals surface area (Å²) in [6.07, 6.45) is 1.00. The van der Waals surface area contributed by atoms with E-state index in [4.69, 9.17) is 8.92 Å². The van der Waals surface area contributed by atoms with Crippen LogP contribution >= 0.6 is 23.4 Å². The average Bonchev–Trinajstić information content (AvgIpc) is 3.21. The molecule has 3 aromatic rings. The molecule has 1 aliphatic rings. The van der Waals surface area contributed by atoms with E-state index < -0.39 is 0 Å². The number of hydrogen-bond acceptors (Lipinski definition) is 4. The van der Waals surface area contributed by atoms with Gasteiger partial charge in [-0.2, -0.15) is 11.3 Å². The zero-order valence-electron chi connectivity index (χ0n) is 14.6. The van der Waals surface area contributed by atoms with Crippen molar-refractivity contribution in [2.24, 2.45) is 0 Å². The monoisotopic (exact) mass is 380 g/mol. The molecule has 0 bridgehead atoms. The van der Waals surface area contributed by atoms with Gasteiger partial charge in [0.25, 0.3) is 0 Å². The lowest BCUT2D eigenvalue weighted by molar-refractivity contribution is 0.306. The first-order valence-electron chi connectivity index (χ1n) is 8.64. The minimum Gasteiger partial charge on any atom is -0.489 e. The van der Waals surface area contributed by atoms with E-state index in [2.05, 4.69) is 60.1 Å². The van der Waals surface area contributed by atoms with Crippen molar-refractivity contribution in [1.29, 1.82) is 0 Å². The largest absolute Gasteiger partial charge is 0.489 e. The van der Waals surface area contributed by atoms with Gasteiger partial charge in [0.05, 0.1) is 12.0 Å². The lowest BCUT2D eigenvalue weighted by atomic mass is 9.95. The molecule has 1 aromatic heterocycles. The van der Waals surface area contributed by atoms with Crippen molar-refractivity contribution in [3.63, 3.8) is 0 Å². The Bertz CT molecular complexity index is 913. The van der Waals surface area contributed by atoms with Crippen LogP contribution in [0.5, 0.6) is 5.75 Å². The Labute approximate surface area is 162 Å². The fraction of sp³-hybridized carbons (Fsp3) is 0.182. The number of ether oxygens (including phenoxy) is 1. The standard InChI is InChI=1S/C22H20O2S2/c1-16-5-2-3-8-20(16)21-10-12-26-24-22(21)18-6-4-7-19(13-18)23-14-17-9-11-25-15-17/h2-9,11,13,15H,10,12,14H2,1H3. The first-order chi connectivity index (χ1) is 12.8. The second-order valence-corrected chi connectivity index (χ2v) is 7.82. The van der Waals surface area contributed by atoms with Gasteiger partial charge in [-0.1, -0.05) is 36.4 Å². The van der Waals surface area contributed by atoms with Crippen molar-refractivity contribution in [1.82, 2.24) is 0 Å². The van der Waals surface area contributed by atoms with Crippen LogP contribution in [0.1, 0.15) is 28.7 Å². The molecule has 0 radical (unpaired) electrons. The first kappa shape index (κ1) is 17.3. The molecule has 0 saturated heterocycles. The topological polar surface area (TPSA) is 18.5 Å². The van der Waals surface area contributed by atoms with Gasteiger partial charge >= 0.3 is 0 Å². The SMILES string of the molecule is Cc1ccccc1C1=C(c2cccc(OCc3ccsc3)c2)OSCC1. The van der Waals surface area contributed by atoms with Crippen molar-refractivity contribution in [2.45, 2.75) is 20.0 Å². The van der Waals surface area contributed by atoms with Gasteiger partial charge in [-0.25, -0.2) is 0 Å². The van der Waals surface area contributed by atoms with Gasteiger partial charge in [-0.3, -0.25) is 0 Å². The van der Waals surface area contributed by atoms with Crippen LogP contribution in [0.2, 0.25) is 0 Å². The summed E-state index contributed by atoms with van der Waals surface area (Å²) < 4.78 is 12.0. The van der Waals surface area contributed by atoms with Crippen LogP contribution < -0.4 is 4.74 Å². The molecule has 0 unspecified atom stereocenters. The Kier molecular flexibility index (Phi) is 5.32. The van der Waals surface area contributed by atoms with E-state index in [1.54, 1.807) is 11.3 Å². The maximum Gasteiger partial charge on any atom is 0.148 e. The minimum atomic E-state index is 0.590. The van der Waals surface area contributed by atoms with Crippen LogP contribution in [0.15, 0.2) is 65.4 Å². The van der Waals surface area contributed by atoms with Crippen molar-refractivity contribution in [3.8, 4) is 5.75 Å². The van der Waals surface area contributed by atoms with E-state index >= 15 is 0 Å². The Morgan fingerprint density at radius 1 is 1.08 bits per heavy atom. The van der Waals surface area contributed by atoms with Crippen LogP contribution in [0.3, 0.4) is 0 Å². The van der Waals surface area contributed by atoms with Gasteiger partial charge in [0.2, 0.25) is 0 Å². The third-order valence-electron chi connectivity index (χ3n) is 4.40. The number of hydrogen-bond donors (Lipinski definition) is 0. The van der Waals surface area contributed by atoms with E-state index in [0.29, 0.717) is 6.61 Å². The van der Waals surface area contributed by atoms with Crippen LogP contribution in [0.25, 0.3) is 11.3 Å². The Balaban J connectivity index is 1.66. The summed E-state index contributed by atoms with van der Waals surface area (Å²) in [7, 11) is 0. The molecular weight excluding hydrogens is 360 g/mol. The lowest BCUT2D eigenvalue weighted by Crippen LogP contribution is -2.03. The summed E-state index contributed by atoms with van der Waals surface area (Å²) in [5.41, 5.74) is 6.09. The molecule has 2 heterocycles. The van der Waals surface area contributed by atoms with E-state index in [9.17, 15) is 0 Å². The zero-order chi connectivity index (χ0) is 17.8. The highest BCUT2D eigenvalue weighted by atomic mass is 32.2. The molecule has 132 valence electrons. The second kappa shape index (κ2) is 8.02. The van der Waals surface area contributed by atoms with Crippen LogP contribution in [-0.2, 0) is 10.8 Å². The van der Waals surface area contributed by atoms with Crippen molar-refractivity contribution < 1.29 is 8.92 Å². The third-order valence-corrected chi connectivity index (χ3v) is 5.79. The minimum absolute atomic E-state index is 0.590. The van der Waals surface area contributed by atoms with Gasteiger partial charge in [0, 0.05) is 16.9 Å². The fourth-order valence-corrected chi connectivity index (χ4v) is 4.41. The summed E-state index contributed by atoms with van der Waals surface area (Å²) in [6.45, 7) is 2.74. The highest BCUT2D eigenvalue weighted by molar-refractivity contribution is 7.94. The van der Waals surface area contributed by atoms with E-state index in [-0.39, 0.29) is 0 Å². The Morgan fingerprint density at radius 3 is 2.85 bits per heavy atom. The fourth-order valence-electron chi connectivity index (χ4n) is 3.07. The summed E-state index contributed by atoms with van der Waals surface area (Å²) >= 11 is 3.21. The number of aryl methyl sites for hydroxylation is 1. The molecule has 0 N–H and O–H groups in total. The zero-order valence-corrected chi connectivity index (χ0v) is 16.2. The predicted molar refractivity (Wildman–Crippen MR) is 111 cm³/mol. The van der Waals surface area contributed by atoms with Gasteiger partial charge in [0.1, 0.15) is 18.1 Å². The molecule has 0 atom stereocenters.